The second kappa shape index (κ2) is 7.36. The first-order valence-electron chi connectivity index (χ1n) is 6.97. The fourth-order valence-corrected chi connectivity index (χ4v) is 2.93. The fourth-order valence-electron chi connectivity index (χ4n) is 2.16. The molecule has 0 aliphatic heterocycles. The van der Waals surface area contributed by atoms with E-state index in [-0.39, 0.29) is 11.9 Å². The van der Waals surface area contributed by atoms with E-state index in [2.05, 4.69) is 18.3 Å². The van der Waals surface area contributed by atoms with Gasteiger partial charge in [-0.3, -0.25) is 0 Å². The van der Waals surface area contributed by atoms with Crippen molar-refractivity contribution in [3.63, 3.8) is 0 Å². The zero-order chi connectivity index (χ0) is 15.2. The minimum atomic E-state index is -0.255. The minimum Gasteiger partial charge on any atom is -0.497 e. The molecule has 0 aliphatic rings. The average molecular weight is 305 g/mol. The van der Waals surface area contributed by atoms with Gasteiger partial charge in [0.25, 0.3) is 0 Å². The highest BCUT2D eigenvalue weighted by atomic mass is 32.2. The van der Waals surface area contributed by atoms with Crippen LogP contribution in [0.5, 0.6) is 5.75 Å². The standard InChI is InChI=1S/C17H20FNOS/c1-4-21-17-8-6-5-7-16(17)19-12(2)14-10-9-13(20-3)11-15(14)18/h5-12,19H,4H2,1-3H3. The summed E-state index contributed by atoms with van der Waals surface area (Å²) in [6, 6.07) is 12.9. The van der Waals surface area contributed by atoms with Crippen LogP contribution in [-0.4, -0.2) is 12.9 Å². The van der Waals surface area contributed by atoms with Crippen LogP contribution in [0.1, 0.15) is 25.5 Å². The van der Waals surface area contributed by atoms with Crippen molar-refractivity contribution in [2.45, 2.75) is 24.8 Å². The molecular weight excluding hydrogens is 285 g/mol. The van der Waals surface area contributed by atoms with Crippen LogP contribution in [0, 0.1) is 5.82 Å². The lowest BCUT2D eigenvalue weighted by molar-refractivity contribution is 0.410. The van der Waals surface area contributed by atoms with E-state index in [0.717, 1.165) is 11.4 Å². The number of halogens is 1. The van der Waals surface area contributed by atoms with E-state index in [1.54, 1.807) is 23.9 Å². The lowest BCUT2D eigenvalue weighted by Crippen LogP contribution is -2.09. The predicted molar refractivity (Wildman–Crippen MR) is 87.8 cm³/mol. The highest BCUT2D eigenvalue weighted by Crippen LogP contribution is 2.31. The van der Waals surface area contributed by atoms with Gasteiger partial charge >= 0.3 is 0 Å². The first-order valence-corrected chi connectivity index (χ1v) is 7.96. The molecule has 1 unspecified atom stereocenters. The number of benzene rings is 2. The average Bonchev–Trinajstić information content (AvgIpc) is 2.49. The summed E-state index contributed by atoms with van der Waals surface area (Å²) in [5, 5.41) is 3.39. The van der Waals surface area contributed by atoms with Gasteiger partial charge in [0, 0.05) is 22.2 Å². The molecule has 1 N–H and O–H groups in total. The van der Waals surface area contributed by atoms with Crippen LogP contribution in [-0.2, 0) is 0 Å². The molecule has 4 heteroatoms. The minimum absolute atomic E-state index is 0.116. The molecule has 0 fully saturated rings. The monoisotopic (exact) mass is 305 g/mol. The molecule has 0 saturated carbocycles. The quantitative estimate of drug-likeness (QED) is 0.748. The Balaban J connectivity index is 2.20. The van der Waals surface area contributed by atoms with Crippen LogP contribution in [0.25, 0.3) is 0 Å². The third-order valence-electron chi connectivity index (χ3n) is 3.23. The summed E-state index contributed by atoms with van der Waals surface area (Å²) < 4.78 is 19.1. The predicted octanol–water partition coefficient (Wildman–Crippen LogP) is 5.12. The Morgan fingerprint density at radius 3 is 2.67 bits per heavy atom. The SMILES string of the molecule is CCSc1ccccc1NC(C)c1ccc(OC)cc1F. The van der Waals surface area contributed by atoms with Crippen molar-refractivity contribution in [3.05, 3.63) is 53.8 Å². The van der Waals surface area contributed by atoms with E-state index in [0.29, 0.717) is 11.3 Å². The maximum atomic E-state index is 14.1. The van der Waals surface area contributed by atoms with E-state index in [9.17, 15) is 4.39 Å². The van der Waals surface area contributed by atoms with E-state index < -0.39 is 0 Å². The van der Waals surface area contributed by atoms with Crippen LogP contribution in [0.4, 0.5) is 10.1 Å². The number of hydrogen-bond donors (Lipinski definition) is 1. The molecule has 0 bridgehead atoms. The molecule has 2 rings (SSSR count). The second-order valence-corrected chi connectivity index (χ2v) is 5.99. The normalized spacial score (nSPS) is 12.0. The topological polar surface area (TPSA) is 21.3 Å². The molecule has 2 aromatic rings. The van der Waals surface area contributed by atoms with Gasteiger partial charge < -0.3 is 10.1 Å². The molecular formula is C17H20FNOS. The molecule has 0 amide bonds. The highest BCUT2D eigenvalue weighted by Gasteiger charge is 2.13. The molecule has 2 nitrogen and oxygen atoms in total. The Bertz CT molecular complexity index is 603. The van der Waals surface area contributed by atoms with Gasteiger partial charge in [-0.15, -0.1) is 11.8 Å². The Morgan fingerprint density at radius 1 is 1.24 bits per heavy atom. The van der Waals surface area contributed by atoms with Crippen LogP contribution in [0.2, 0.25) is 0 Å². The van der Waals surface area contributed by atoms with Crippen molar-refractivity contribution in [2.24, 2.45) is 0 Å². The number of para-hydroxylation sites is 1. The van der Waals surface area contributed by atoms with Crippen molar-refractivity contribution in [2.75, 3.05) is 18.2 Å². The first-order chi connectivity index (χ1) is 10.2. The summed E-state index contributed by atoms with van der Waals surface area (Å²) >= 11 is 1.77. The summed E-state index contributed by atoms with van der Waals surface area (Å²) in [5.74, 6) is 1.28. The molecule has 112 valence electrons. The van der Waals surface area contributed by atoms with Crippen molar-refractivity contribution in [1.82, 2.24) is 0 Å². The number of hydrogen-bond acceptors (Lipinski definition) is 3. The maximum Gasteiger partial charge on any atom is 0.132 e. The molecule has 0 heterocycles. The summed E-state index contributed by atoms with van der Waals surface area (Å²) in [6.45, 7) is 4.08. The molecule has 1 atom stereocenters. The van der Waals surface area contributed by atoms with Gasteiger partial charge in [0.15, 0.2) is 0 Å². The van der Waals surface area contributed by atoms with Crippen molar-refractivity contribution in [1.29, 1.82) is 0 Å². The molecule has 0 saturated heterocycles. The largest absolute Gasteiger partial charge is 0.497 e. The number of rotatable bonds is 6. The number of thioether (sulfide) groups is 1. The molecule has 21 heavy (non-hydrogen) atoms. The summed E-state index contributed by atoms with van der Waals surface area (Å²) in [7, 11) is 1.54. The highest BCUT2D eigenvalue weighted by molar-refractivity contribution is 7.99. The second-order valence-electron chi connectivity index (χ2n) is 4.68. The number of nitrogens with one attached hydrogen (secondary N) is 1. The lowest BCUT2D eigenvalue weighted by atomic mass is 10.1. The Kier molecular flexibility index (Phi) is 5.51. The van der Waals surface area contributed by atoms with Crippen LogP contribution < -0.4 is 10.1 Å². The van der Waals surface area contributed by atoms with Gasteiger partial charge in [-0.25, -0.2) is 4.39 Å². The van der Waals surface area contributed by atoms with Gasteiger partial charge in [-0.2, -0.15) is 0 Å². The molecule has 0 radical (unpaired) electrons. The fraction of sp³-hybridized carbons (Fsp3) is 0.294. The lowest BCUT2D eigenvalue weighted by Gasteiger charge is -2.19. The van der Waals surface area contributed by atoms with Crippen LogP contribution >= 0.6 is 11.8 Å². The zero-order valence-corrected chi connectivity index (χ0v) is 13.3. The van der Waals surface area contributed by atoms with Gasteiger partial charge in [0.2, 0.25) is 0 Å². The Morgan fingerprint density at radius 2 is 2.00 bits per heavy atom. The van der Waals surface area contributed by atoms with Crippen LogP contribution in [0.3, 0.4) is 0 Å². The summed E-state index contributed by atoms with van der Waals surface area (Å²) in [5.41, 5.74) is 1.67. The third-order valence-corrected chi connectivity index (χ3v) is 4.19. The van der Waals surface area contributed by atoms with E-state index >= 15 is 0 Å². The number of methoxy groups -OCH3 is 1. The van der Waals surface area contributed by atoms with E-state index in [4.69, 9.17) is 4.74 Å². The van der Waals surface area contributed by atoms with Gasteiger partial charge in [-0.1, -0.05) is 25.1 Å². The summed E-state index contributed by atoms with van der Waals surface area (Å²) in [4.78, 5) is 1.18. The van der Waals surface area contributed by atoms with Gasteiger partial charge in [0.05, 0.1) is 13.2 Å². The smallest absolute Gasteiger partial charge is 0.132 e. The van der Waals surface area contributed by atoms with Crippen molar-refractivity contribution < 1.29 is 9.13 Å². The van der Waals surface area contributed by atoms with Crippen LogP contribution in [0.15, 0.2) is 47.4 Å². The summed E-state index contributed by atoms with van der Waals surface area (Å²) in [6.07, 6.45) is 0. The molecule has 2 aromatic carbocycles. The first kappa shape index (κ1) is 15.7. The Hall–Kier alpha value is -1.68. The number of anilines is 1. The molecule has 0 spiro atoms. The zero-order valence-electron chi connectivity index (χ0n) is 12.5. The Labute approximate surface area is 129 Å². The van der Waals surface area contributed by atoms with Gasteiger partial charge in [-0.05, 0) is 30.9 Å². The van der Waals surface area contributed by atoms with E-state index in [1.165, 1.54) is 18.1 Å². The maximum absolute atomic E-state index is 14.1. The molecule has 0 aliphatic carbocycles. The van der Waals surface area contributed by atoms with Crippen molar-refractivity contribution in [3.8, 4) is 5.75 Å². The number of ether oxygens (including phenoxy) is 1. The van der Waals surface area contributed by atoms with Crippen molar-refractivity contribution >= 4 is 17.4 Å². The molecule has 0 aromatic heterocycles. The van der Waals surface area contributed by atoms with Gasteiger partial charge in [0.1, 0.15) is 11.6 Å². The third kappa shape index (κ3) is 3.91. The van der Waals surface area contributed by atoms with E-state index in [1.807, 2.05) is 25.1 Å².